The highest BCUT2D eigenvalue weighted by molar-refractivity contribution is 5.76. The van der Waals surface area contributed by atoms with Gasteiger partial charge < -0.3 is 14.3 Å². The Morgan fingerprint density at radius 2 is 2.24 bits per heavy atom. The van der Waals surface area contributed by atoms with Gasteiger partial charge in [-0.05, 0) is 20.8 Å². The van der Waals surface area contributed by atoms with Gasteiger partial charge in [0, 0.05) is 0 Å². The predicted molar refractivity (Wildman–Crippen MR) is 61.0 cm³/mol. The molecule has 0 aliphatic rings. The van der Waals surface area contributed by atoms with Crippen LogP contribution in [0.5, 0.6) is 11.5 Å². The van der Waals surface area contributed by atoms with Gasteiger partial charge in [0.05, 0.1) is 5.92 Å². The lowest BCUT2D eigenvalue weighted by Gasteiger charge is -2.07. The normalized spacial score (nSPS) is 12.6. The van der Waals surface area contributed by atoms with Crippen LogP contribution in [0.15, 0.2) is 27.6 Å². The topological polar surface area (TPSA) is 76.7 Å². The molecule has 0 aliphatic carbocycles. The van der Waals surface area contributed by atoms with Gasteiger partial charge in [-0.1, -0.05) is 12.2 Å². The summed E-state index contributed by atoms with van der Waals surface area (Å²) in [6.07, 6.45) is 4.36. The van der Waals surface area contributed by atoms with Crippen LogP contribution >= 0.6 is 0 Å². The quantitative estimate of drug-likeness (QED) is 0.641. The average Bonchev–Trinajstić information content (AvgIpc) is 2.30. The number of rotatable bonds is 3. The first-order valence-corrected chi connectivity index (χ1v) is 5.13. The average molecular weight is 238 g/mol. The van der Waals surface area contributed by atoms with Crippen molar-refractivity contribution in [3.8, 4) is 11.5 Å². The predicted octanol–water partition coefficient (Wildman–Crippen LogP) is 1.77. The highest BCUT2D eigenvalue weighted by atomic mass is 16.5. The summed E-state index contributed by atoms with van der Waals surface area (Å²) in [4.78, 5) is 23.0. The smallest absolute Gasteiger partial charge is 0.318 e. The Morgan fingerprint density at radius 3 is 2.82 bits per heavy atom. The van der Waals surface area contributed by atoms with Crippen LogP contribution in [0, 0.1) is 12.8 Å². The van der Waals surface area contributed by atoms with Crippen molar-refractivity contribution in [2.24, 2.45) is 5.92 Å². The highest BCUT2D eigenvalue weighted by Crippen LogP contribution is 2.16. The van der Waals surface area contributed by atoms with Gasteiger partial charge in [-0.3, -0.25) is 9.59 Å². The lowest BCUT2D eigenvalue weighted by atomic mass is 10.2. The summed E-state index contributed by atoms with van der Waals surface area (Å²) < 4.78 is 9.70. The van der Waals surface area contributed by atoms with E-state index < -0.39 is 23.1 Å². The van der Waals surface area contributed by atoms with E-state index in [2.05, 4.69) is 0 Å². The summed E-state index contributed by atoms with van der Waals surface area (Å²) in [5.41, 5.74) is -0.755. The van der Waals surface area contributed by atoms with E-state index in [9.17, 15) is 14.7 Å². The molecule has 0 amide bonds. The number of allylic oxidation sites excluding steroid dienone is 1. The number of hydrogen-bond donors (Lipinski definition) is 1. The van der Waals surface area contributed by atoms with Gasteiger partial charge in [0.25, 0.3) is 5.43 Å². The second kappa shape index (κ2) is 5.34. The van der Waals surface area contributed by atoms with E-state index in [0.29, 0.717) is 0 Å². The Kier molecular flexibility index (Phi) is 4.09. The number of carbonyl (C=O) groups is 1. The molecule has 17 heavy (non-hydrogen) atoms. The molecule has 0 aromatic carbocycles. The molecular weight excluding hydrogens is 224 g/mol. The zero-order valence-electron chi connectivity index (χ0n) is 9.89. The van der Waals surface area contributed by atoms with Crippen LogP contribution in [0.25, 0.3) is 0 Å². The van der Waals surface area contributed by atoms with Crippen LogP contribution in [0.3, 0.4) is 0 Å². The van der Waals surface area contributed by atoms with Crippen LogP contribution in [0.4, 0.5) is 0 Å². The number of hydrogen-bond acceptors (Lipinski definition) is 5. The molecular formula is C12H14O5. The molecule has 1 aromatic rings. The van der Waals surface area contributed by atoms with Gasteiger partial charge in [0.15, 0.2) is 0 Å². The first-order chi connectivity index (χ1) is 7.97. The lowest BCUT2D eigenvalue weighted by Crippen LogP contribution is -2.19. The van der Waals surface area contributed by atoms with E-state index in [1.54, 1.807) is 26.0 Å². The van der Waals surface area contributed by atoms with Crippen molar-refractivity contribution in [3.63, 3.8) is 0 Å². The van der Waals surface area contributed by atoms with Crippen LogP contribution in [0.1, 0.15) is 19.6 Å². The number of carbonyl (C=O) groups excluding carboxylic acids is 1. The molecule has 0 bridgehead atoms. The fraction of sp³-hybridized carbons (Fsp3) is 0.333. The molecule has 0 fully saturated rings. The minimum Gasteiger partial charge on any atom is -0.502 e. The molecule has 5 heteroatoms. The fourth-order valence-corrected chi connectivity index (χ4v) is 1.17. The van der Waals surface area contributed by atoms with Crippen molar-refractivity contribution < 1.29 is 19.1 Å². The third-order valence-corrected chi connectivity index (χ3v) is 2.18. The maximum atomic E-state index is 11.5. The van der Waals surface area contributed by atoms with E-state index >= 15 is 0 Å². The summed E-state index contributed by atoms with van der Waals surface area (Å²) in [7, 11) is 0. The van der Waals surface area contributed by atoms with E-state index in [4.69, 9.17) is 9.15 Å². The Morgan fingerprint density at radius 1 is 1.59 bits per heavy atom. The van der Waals surface area contributed by atoms with Crippen molar-refractivity contribution in [2.45, 2.75) is 20.8 Å². The number of aromatic hydroxyl groups is 1. The molecule has 0 aliphatic heterocycles. The maximum absolute atomic E-state index is 11.5. The number of ether oxygens (including phenoxy) is 1. The summed E-state index contributed by atoms with van der Waals surface area (Å²) in [5, 5.41) is 9.33. The van der Waals surface area contributed by atoms with Crippen molar-refractivity contribution in [1.82, 2.24) is 0 Å². The summed E-state index contributed by atoms with van der Waals surface area (Å²) in [6, 6.07) is 0. The van der Waals surface area contributed by atoms with E-state index in [1.165, 1.54) is 6.92 Å². The second-order valence-electron chi connectivity index (χ2n) is 3.57. The number of esters is 1. The SMILES string of the molecule is C/C=C/C(C)C(=O)Oc1coc(C)c(O)c1=O. The van der Waals surface area contributed by atoms with Crippen LogP contribution in [0.2, 0.25) is 0 Å². The Balaban J connectivity index is 2.94. The minimum absolute atomic E-state index is 0.0799. The molecule has 0 spiro atoms. The molecule has 1 atom stereocenters. The molecule has 0 saturated heterocycles. The van der Waals surface area contributed by atoms with Gasteiger partial charge in [0.2, 0.25) is 11.5 Å². The molecule has 1 heterocycles. The molecule has 0 saturated carbocycles. The standard InChI is InChI=1S/C12H14O5/c1-4-5-7(2)12(15)17-9-6-16-8(3)10(13)11(9)14/h4-7,13H,1-3H3/b5-4+. The van der Waals surface area contributed by atoms with Gasteiger partial charge in [-0.2, -0.15) is 0 Å². The molecule has 1 N–H and O–H groups in total. The molecule has 1 unspecified atom stereocenters. The third kappa shape index (κ3) is 2.96. The first-order valence-electron chi connectivity index (χ1n) is 5.13. The summed E-state index contributed by atoms with van der Waals surface area (Å²) in [5.74, 6) is -1.83. The van der Waals surface area contributed by atoms with Crippen molar-refractivity contribution in [2.75, 3.05) is 0 Å². The Bertz CT molecular complexity index is 498. The van der Waals surface area contributed by atoms with Gasteiger partial charge in [0.1, 0.15) is 12.0 Å². The Labute approximate surface area is 98.3 Å². The van der Waals surface area contributed by atoms with Crippen molar-refractivity contribution in [3.05, 3.63) is 34.4 Å². The van der Waals surface area contributed by atoms with E-state index in [0.717, 1.165) is 6.26 Å². The highest BCUT2D eigenvalue weighted by Gasteiger charge is 2.17. The largest absolute Gasteiger partial charge is 0.502 e. The lowest BCUT2D eigenvalue weighted by molar-refractivity contribution is -0.137. The van der Waals surface area contributed by atoms with Gasteiger partial charge in [-0.25, -0.2) is 0 Å². The van der Waals surface area contributed by atoms with Crippen molar-refractivity contribution >= 4 is 5.97 Å². The summed E-state index contributed by atoms with van der Waals surface area (Å²) >= 11 is 0. The molecule has 92 valence electrons. The van der Waals surface area contributed by atoms with Crippen LogP contribution < -0.4 is 10.2 Å². The fourth-order valence-electron chi connectivity index (χ4n) is 1.17. The van der Waals surface area contributed by atoms with Crippen LogP contribution in [-0.4, -0.2) is 11.1 Å². The van der Waals surface area contributed by atoms with Gasteiger partial charge >= 0.3 is 5.97 Å². The third-order valence-electron chi connectivity index (χ3n) is 2.18. The molecule has 5 nitrogen and oxygen atoms in total. The Hall–Kier alpha value is -2.04. The minimum atomic E-state index is -0.755. The first kappa shape index (κ1) is 13.0. The van der Waals surface area contributed by atoms with E-state index in [-0.39, 0.29) is 11.5 Å². The molecule has 1 rings (SSSR count). The van der Waals surface area contributed by atoms with Crippen molar-refractivity contribution in [1.29, 1.82) is 0 Å². The monoisotopic (exact) mass is 238 g/mol. The molecule has 1 aromatic heterocycles. The number of aryl methyl sites for hydroxylation is 1. The van der Waals surface area contributed by atoms with Gasteiger partial charge in [-0.15, -0.1) is 0 Å². The zero-order valence-corrected chi connectivity index (χ0v) is 9.89. The summed E-state index contributed by atoms with van der Waals surface area (Å²) in [6.45, 7) is 4.85. The maximum Gasteiger partial charge on any atom is 0.318 e. The second-order valence-corrected chi connectivity index (χ2v) is 3.57. The zero-order chi connectivity index (χ0) is 13.0. The molecule has 0 radical (unpaired) electrons. The van der Waals surface area contributed by atoms with Crippen LogP contribution in [-0.2, 0) is 4.79 Å². The van der Waals surface area contributed by atoms with E-state index in [1.807, 2.05) is 0 Å².